The normalized spacial score (nSPS) is 27.6. The molecule has 0 amide bonds. The van der Waals surface area contributed by atoms with Crippen LogP contribution in [-0.2, 0) is 23.1 Å². The first-order valence-corrected chi connectivity index (χ1v) is 15.3. The highest BCUT2D eigenvalue weighted by Gasteiger charge is 2.54. The van der Waals surface area contributed by atoms with Crippen molar-refractivity contribution in [1.82, 2.24) is 4.98 Å². The van der Waals surface area contributed by atoms with E-state index in [1.807, 2.05) is 24.3 Å². The molecular formula is C34H38ClFN2O3. The fourth-order valence-electron chi connectivity index (χ4n) is 7.83. The number of carboxylic acid groups (broad SMARTS) is 1. The van der Waals surface area contributed by atoms with Gasteiger partial charge in [0.15, 0.2) is 0 Å². The molecule has 1 fully saturated rings. The minimum Gasteiger partial charge on any atom is -0.490 e. The number of benzene rings is 2. The summed E-state index contributed by atoms with van der Waals surface area (Å²) in [6.45, 7) is 2.21. The highest BCUT2D eigenvalue weighted by atomic mass is 35.5. The van der Waals surface area contributed by atoms with Gasteiger partial charge in [-0.15, -0.1) is 0 Å². The van der Waals surface area contributed by atoms with E-state index in [2.05, 4.69) is 35.4 Å². The number of halogens is 2. The van der Waals surface area contributed by atoms with E-state index in [0.717, 1.165) is 42.7 Å². The first-order valence-electron chi connectivity index (χ1n) is 14.9. The second-order valence-corrected chi connectivity index (χ2v) is 12.8. The van der Waals surface area contributed by atoms with Crippen LogP contribution in [0.25, 0.3) is 0 Å². The number of aromatic nitrogens is 1. The Morgan fingerprint density at radius 3 is 2.76 bits per heavy atom. The molecule has 0 saturated heterocycles. The average molecular weight is 577 g/mol. The van der Waals surface area contributed by atoms with Crippen molar-refractivity contribution in [3.05, 3.63) is 88.2 Å². The molecular weight excluding hydrogens is 539 g/mol. The number of ether oxygens (including phenoxy) is 1. The number of aliphatic carboxylic acids is 1. The lowest BCUT2D eigenvalue weighted by Crippen LogP contribution is -2.53. The summed E-state index contributed by atoms with van der Waals surface area (Å²) in [4.78, 5) is 17.2. The van der Waals surface area contributed by atoms with Gasteiger partial charge in [-0.1, -0.05) is 48.9 Å². The molecule has 1 aromatic heterocycles. The van der Waals surface area contributed by atoms with Gasteiger partial charge in [0.25, 0.3) is 0 Å². The molecule has 6 rings (SSSR count). The van der Waals surface area contributed by atoms with E-state index in [1.54, 1.807) is 18.3 Å². The van der Waals surface area contributed by atoms with Crippen LogP contribution in [0.1, 0.15) is 80.2 Å². The molecule has 7 heteroatoms. The van der Waals surface area contributed by atoms with Crippen LogP contribution in [0, 0.1) is 5.92 Å². The second kappa shape index (κ2) is 11.3. The predicted octanol–water partition coefficient (Wildman–Crippen LogP) is 7.90. The predicted molar refractivity (Wildman–Crippen MR) is 160 cm³/mol. The van der Waals surface area contributed by atoms with Crippen molar-refractivity contribution in [2.45, 2.75) is 87.8 Å². The topological polar surface area (TPSA) is 71.5 Å². The molecule has 3 atom stereocenters. The standard InChI is InChI=1S/C34H38ClFN2O3/c1-22-6-4-11-29-31(22)30(12-17-37-29)41-21-26(36)19-24-18-23-7-2-3-10-28(23)33(24)13-15-34(16-14-33,32(39)40)38-27-9-5-8-25(35)20-27/h2-3,5,7-10,12,17,20,22,24,26,38H,4,6,11,13-16,18-19,21H2,1H3,(H,39,40)/t22-,24?,26+,33?,34?/m1/s1. The van der Waals surface area contributed by atoms with Crippen LogP contribution in [0.4, 0.5) is 10.1 Å². The van der Waals surface area contributed by atoms with Crippen molar-refractivity contribution >= 4 is 23.3 Å². The number of pyridine rings is 1. The molecule has 3 aliphatic carbocycles. The van der Waals surface area contributed by atoms with Gasteiger partial charge in [-0.2, -0.15) is 0 Å². The monoisotopic (exact) mass is 576 g/mol. The number of nitrogens with one attached hydrogen (secondary N) is 1. The molecule has 5 nitrogen and oxygen atoms in total. The number of rotatable bonds is 8. The quantitative estimate of drug-likeness (QED) is 0.285. The zero-order chi connectivity index (χ0) is 28.6. The molecule has 1 saturated carbocycles. The molecule has 0 radical (unpaired) electrons. The maximum atomic E-state index is 15.8. The molecule has 0 bridgehead atoms. The number of aryl methyl sites for hydroxylation is 1. The Bertz CT molecular complexity index is 1420. The summed E-state index contributed by atoms with van der Waals surface area (Å²) in [6, 6.07) is 17.5. The van der Waals surface area contributed by atoms with E-state index in [-0.39, 0.29) is 17.9 Å². The summed E-state index contributed by atoms with van der Waals surface area (Å²) in [5, 5.41) is 14.2. The van der Waals surface area contributed by atoms with Crippen LogP contribution in [0.5, 0.6) is 5.75 Å². The summed E-state index contributed by atoms with van der Waals surface area (Å²) in [5.41, 5.74) is 4.10. The summed E-state index contributed by atoms with van der Waals surface area (Å²) >= 11 is 6.18. The van der Waals surface area contributed by atoms with E-state index in [9.17, 15) is 9.90 Å². The molecule has 2 N–H and O–H groups in total. The molecule has 1 heterocycles. The fourth-order valence-corrected chi connectivity index (χ4v) is 8.03. The molecule has 3 aliphatic rings. The Kier molecular flexibility index (Phi) is 7.71. The summed E-state index contributed by atoms with van der Waals surface area (Å²) in [6.07, 6.45) is 7.28. The van der Waals surface area contributed by atoms with Crippen LogP contribution >= 0.6 is 11.6 Å². The first kappa shape index (κ1) is 28.0. The summed E-state index contributed by atoms with van der Waals surface area (Å²) < 4.78 is 21.9. The average Bonchev–Trinajstić information content (AvgIpc) is 3.25. The van der Waals surface area contributed by atoms with Crippen LogP contribution in [0.15, 0.2) is 60.8 Å². The maximum absolute atomic E-state index is 15.8. The number of carboxylic acids is 1. The third kappa shape index (κ3) is 5.31. The fraction of sp³-hybridized carbons (Fsp3) is 0.471. The van der Waals surface area contributed by atoms with Crippen molar-refractivity contribution in [3.8, 4) is 5.75 Å². The van der Waals surface area contributed by atoms with E-state index in [4.69, 9.17) is 16.3 Å². The molecule has 41 heavy (non-hydrogen) atoms. The number of carbonyl (C=O) groups is 1. The van der Waals surface area contributed by atoms with E-state index in [0.29, 0.717) is 48.7 Å². The van der Waals surface area contributed by atoms with Crippen LogP contribution in [0.3, 0.4) is 0 Å². The Balaban J connectivity index is 1.19. The van der Waals surface area contributed by atoms with Gasteiger partial charge in [0.2, 0.25) is 0 Å². The SMILES string of the molecule is C[C@@H]1CCCc2nccc(OC[C@@H](F)CC3Cc4ccccc4C34CCC(Nc3cccc(Cl)c3)(C(=O)O)CC4)c21. The van der Waals surface area contributed by atoms with Crippen molar-refractivity contribution < 1.29 is 19.0 Å². The van der Waals surface area contributed by atoms with Gasteiger partial charge in [-0.25, -0.2) is 9.18 Å². The van der Waals surface area contributed by atoms with E-state index < -0.39 is 17.7 Å². The zero-order valence-corrected chi connectivity index (χ0v) is 24.3. The van der Waals surface area contributed by atoms with Gasteiger partial charge in [0, 0.05) is 28.2 Å². The van der Waals surface area contributed by atoms with Crippen molar-refractivity contribution in [1.29, 1.82) is 0 Å². The largest absolute Gasteiger partial charge is 0.490 e. The van der Waals surface area contributed by atoms with E-state index in [1.165, 1.54) is 11.1 Å². The van der Waals surface area contributed by atoms with Gasteiger partial charge in [-0.05, 0) is 110 Å². The molecule has 2 aromatic carbocycles. The Morgan fingerprint density at radius 2 is 1.98 bits per heavy atom. The van der Waals surface area contributed by atoms with Crippen molar-refractivity contribution in [2.24, 2.45) is 5.92 Å². The van der Waals surface area contributed by atoms with Gasteiger partial charge >= 0.3 is 5.97 Å². The Labute approximate surface area is 246 Å². The summed E-state index contributed by atoms with van der Waals surface area (Å²) in [7, 11) is 0. The lowest BCUT2D eigenvalue weighted by Gasteiger charge is -2.47. The Morgan fingerprint density at radius 1 is 1.17 bits per heavy atom. The number of anilines is 1. The van der Waals surface area contributed by atoms with Gasteiger partial charge in [-0.3, -0.25) is 4.98 Å². The highest BCUT2D eigenvalue weighted by molar-refractivity contribution is 6.30. The van der Waals surface area contributed by atoms with Crippen molar-refractivity contribution in [3.63, 3.8) is 0 Å². The minimum atomic E-state index is -1.12. The van der Waals surface area contributed by atoms with E-state index >= 15 is 4.39 Å². The molecule has 3 aromatic rings. The van der Waals surface area contributed by atoms with Crippen LogP contribution in [-0.4, -0.2) is 34.4 Å². The van der Waals surface area contributed by atoms with Crippen LogP contribution in [0.2, 0.25) is 5.02 Å². The molecule has 216 valence electrons. The lowest BCUT2D eigenvalue weighted by molar-refractivity contribution is -0.144. The molecule has 1 spiro atoms. The molecule has 0 aliphatic heterocycles. The lowest BCUT2D eigenvalue weighted by atomic mass is 9.60. The maximum Gasteiger partial charge on any atom is 0.329 e. The third-order valence-corrected chi connectivity index (χ3v) is 10.2. The molecule has 1 unspecified atom stereocenters. The second-order valence-electron chi connectivity index (χ2n) is 12.3. The number of nitrogens with zero attached hydrogens (tertiary/aromatic N) is 1. The Hall–Kier alpha value is -3.12. The smallest absolute Gasteiger partial charge is 0.329 e. The number of alkyl halides is 1. The van der Waals surface area contributed by atoms with Crippen molar-refractivity contribution in [2.75, 3.05) is 11.9 Å². The van der Waals surface area contributed by atoms with Gasteiger partial charge in [0.05, 0.1) is 0 Å². The van der Waals surface area contributed by atoms with Crippen LogP contribution < -0.4 is 10.1 Å². The van der Waals surface area contributed by atoms with Gasteiger partial charge < -0.3 is 15.2 Å². The first-order chi connectivity index (χ1) is 19.8. The minimum absolute atomic E-state index is 0.0154. The van der Waals surface area contributed by atoms with Gasteiger partial charge in [0.1, 0.15) is 24.1 Å². The summed E-state index contributed by atoms with van der Waals surface area (Å²) in [5.74, 6) is 0.360. The number of hydrogen-bond donors (Lipinski definition) is 2. The third-order valence-electron chi connectivity index (χ3n) is 9.95. The zero-order valence-electron chi connectivity index (χ0n) is 23.5. The number of hydrogen-bond acceptors (Lipinski definition) is 4. The highest BCUT2D eigenvalue weighted by Crippen LogP contribution is 2.56. The number of fused-ring (bicyclic) bond motifs is 3.